The van der Waals surface area contributed by atoms with Gasteiger partial charge in [0.15, 0.2) is 5.65 Å². The molecule has 4 rings (SSSR count). The Hall–Kier alpha value is -3.58. The number of carbonyl (C=O) groups excluding carboxylic acids is 1. The number of halogens is 1. The van der Waals surface area contributed by atoms with Crippen LogP contribution in [0.25, 0.3) is 23.0 Å². The molecule has 0 unspecified atom stereocenters. The van der Waals surface area contributed by atoms with Crippen LogP contribution in [0.2, 0.25) is 5.02 Å². The van der Waals surface area contributed by atoms with E-state index < -0.39 is 0 Å². The number of amides is 1. The summed E-state index contributed by atoms with van der Waals surface area (Å²) >= 11 is 6.34. The zero-order valence-corrected chi connectivity index (χ0v) is 17.4. The zero-order chi connectivity index (χ0) is 21.6. The summed E-state index contributed by atoms with van der Waals surface area (Å²) in [7, 11) is 6.03. The highest BCUT2D eigenvalue weighted by Gasteiger charge is 2.12. The number of carbonyl (C=O) groups is 1. The predicted molar refractivity (Wildman–Crippen MR) is 126 cm³/mol. The number of hydrogen-bond acceptors (Lipinski definition) is 4. The molecule has 0 aliphatic carbocycles. The minimum atomic E-state index is -0.161. The Labute approximate surface area is 186 Å². The smallest absolute Gasteiger partial charge is 0.244 e. The van der Waals surface area contributed by atoms with Crippen molar-refractivity contribution in [2.45, 2.75) is 0 Å². The first-order valence-electron chi connectivity index (χ1n) is 9.76. The Morgan fingerprint density at radius 1 is 1.10 bits per heavy atom. The molecule has 0 spiro atoms. The van der Waals surface area contributed by atoms with E-state index in [1.54, 1.807) is 16.8 Å². The van der Waals surface area contributed by atoms with Gasteiger partial charge in [-0.15, -0.1) is 0 Å². The van der Waals surface area contributed by atoms with Crippen LogP contribution in [-0.4, -0.2) is 41.4 Å². The second kappa shape index (κ2) is 9.49. The van der Waals surface area contributed by atoms with Crippen molar-refractivity contribution in [1.82, 2.24) is 19.9 Å². The minimum absolute atomic E-state index is 0.161. The number of nitrogens with one attached hydrogen (secondary N) is 2. The Bertz CT molecular complexity index is 1240. The lowest BCUT2D eigenvalue weighted by molar-refractivity contribution is -0.116. The van der Waals surface area contributed by atoms with Gasteiger partial charge in [0.05, 0.1) is 5.69 Å². The van der Waals surface area contributed by atoms with Crippen molar-refractivity contribution < 1.29 is 4.79 Å². The van der Waals surface area contributed by atoms with Crippen molar-refractivity contribution in [3.8, 4) is 11.3 Å². The van der Waals surface area contributed by atoms with Crippen LogP contribution in [0.15, 0.2) is 72.9 Å². The fraction of sp³-hybridized carbons (Fsp3) is 0.0870. The lowest BCUT2D eigenvalue weighted by atomic mass is 10.0. The van der Waals surface area contributed by atoms with E-state index in [1.165, 1.54) is 6.08 Å². The third-order valence-electron chi connectivity index (χ3n) is 4.61. The highest BCUT2D eigenvalue weighted by atomic mass is 35.5. The average Bonchev–Trinajstić information content (AvgIpc) is 3.17. The summed E-state index contributed by atoms with van der Waals surface area (Å²) in [5, 5.41) is 11.0. The first-order chi connectivity index (χ1) is 15.1. The van der Waals surface area contributed by atoms with E-state index in [9.17, 15) is 4.79 Å². The van der Waals surface area contributed by atoms with E-state index in [2.05, 4.69) is 20.7 Å². The highest BCUT2D eigenvalue weighted by Crippen LogP contribution is 2.28. The van der Waals surface area contributed by atoms with E-state index in [0.717, 1.165) is 11.1 Å². The van der Waals surface area contributed by atoms with E-state index in [1.807, 2.05) is 60.7 Å². The molecule has 2 N–H and O–H groups in total. The average molecular weight is 428 g/mol. The largest absolute Gasteiger partial charge is 0.368 e. The van der Waals surface area contributed by atoms with Crippen molar-refractivity contribution in [3.63, 3.8) is 0 Å². The molecule has 2 heterocycles. The number of rotatable bonds is 7. The van der Waals surface area contributed by atoms with Crippen molar-refractivity contribution in [2.75, 3.05) is 18.4 Å². The number of aromatic nitrogens is 3. The van der Waals surface area contributed by atoms with Crippen molar-refractivity contribution in [3.05, 3.63) is 83.5 Å². The fourth-order valence-electron chi connectivity index (χ4n) is 3.08. The number of fused-ring (bicyclic) bond motifs is 1. The number of nitrogens with zero attached hydrogens (tertiary/aromatic N) is 3. The molecule has 0 bridgehead atoms. The maximum atomic E-state index is 12.0. The second-order valence-corrected chi connectivity index (χ2v) is 7.21. The number of benzene rings is 2. The third-order valence-corrected chi connectivity index (χ3v) is 4.94. The van der Waals surface area contributed by atoms with Crippen LogP contribution in [0.3, 0.4) is 0 Å². The molecule has 0 aliphatic heterocycles. The van der Waals surface area contributed by atoms with Gasteiger partial charge in [0.25, 0.3) is 0 Å². The molecule has 8 heteroatoms. The van der Waals surface area contributed by atoms with E-state index in [-0.39, 0.29) is 5.91 Å². The van der Waals surface area contributed by atoms with Crippen LogP contribution in [0.1, 0.15) is 5.56 Å². The number of anilines is 1. The van der Waals surface area contributed by atoms with Crippen LogP contribution in [0, 0.1) is 0 Å². The summed E-state index contributed by atoms with van der Waals surface area (Å²) in [6.07, 6.45) is 4.85. The van der Waals surface area contributed by atoms with Gasteiger partial charge in [0, 0.05) is 42.0 Å². The topological polar surface area (TPSA) is 71.3 Å². The molecule has 4 aromatic rings. The first kappa shape index (κ1) is 20.7. The summed E-state index contributed by atoms with van der Waals surface area (Å²) in [6, 6.07) is 19.0. The predicted octanol–water partition coefficient (Wildman–Crippen LogP) is 3.09. The molecule has 2 aromatic heterocycles. The van der Waals surface area contributed by atoms with E-state index in [4.69, 9.17) is 19.4 Å². The lowest BCUT2D eigenvalue weighted by Gasteiger charge is -2.12. The summed E-state index contributed by atoms with van der Waals surface area (Å²) in [4.78, 5) is 16.6. The van der Waals surface area contributed by atoms with Gasteiger partial charge in [-0.05, 0) is 23.2 Å². The molecule has 0 saturated heterocycles. The molecule has 0 fully saturated rings. The highest BCUT2D eigenvalue weighted by molar-refractivity contribution is 6.36. The quantitative estimate of drug-likeness (QED) is 0.270. The van der Waals surface area contributed by atoms with Gasteiger partial charge in [-0.25, -0.2) is 4.98 Å². The van der Waals surface area contributed by atoms with Gasteiger partial charge in [0.1, 0.15) is 13.7 Å². The maximum absolute atomic E-state index is 12.0. The van der Waals surface area contributed by atoms with Crippen LogP contribution >= 0.6 is 11.6 Å². The summed E-state index contributed by atoms with van der Waals surface area (Å²) in [5.74, 6) is 0.538. The number of hydrogen-bond donors (Lipinski definition) is 2. The molecular weight excluding hydrogens is 409 g/mol. The molecule has 31 heavy (non-hydrogen) atoms. The third kappa shape index (κ3) is 4.95. The normalized spacial score (nSPS) is 11.1. The zero-order valence-electron chi connectivity index (χ0n) is 16.6. The van der Waals surface area contributed by atoms with Crippen LogP contribution in [0.5, 0.6) is 0 Å². The summed E-state index contributed by atoms with van der Waals surface area (Å²) < 4.78 is 1.63. The van der Waals surface area contributed by atoms with Crippen molar-refractivity contribution in [2.24, 2.45) is 0 Å². The van der Waals surface area contributed by atoms with Crippen LogP contribution < -0.4 is 16.1 Å². The molecular formula is C23H19BClN5O. The molecule has 2 radical (unpaired) electrons. The molecule has 0 atom stereocenters. The van der Waals surface area contributed by atoms with Gasteiger partial charge in [-0.1, -0.05) is 60.1 Å². The van der Waals surface area contributed by atoms with Gasteiger partial charge >= 0.3 is 0 Å². The summed E-state index contributed by atoms with van der Waals surface area (Å²) in [5.41, 5.74) is 3.46. The van der Waals surface area contributed by atoms with E-state index >= 15 is 0 Å². The van der Waals surface area contributed by atoms with Crippen LogP contribution in [-0.2, 0) is 4.79 Å². The Balaban J connectivity index is 1.44. The maximum Gasteiger partial charge on any atom is 0.244 e. The van der Waals surface area contributed by atoms with Gasteiger partial charge in [0.2, 0.25) is 5.91 Å². The van der Waals surface area contributed by atoms with Gasteiger partial charge in [-0.3, -0.25) is 4.79 Å². The van der Waals surface area contributed by atoms with Crippen LogP contribution in [0.4, 0.5) is 5.82 Å². The molecule has 2 aromatic carbocycles. The minimum Gasteiger partial charge on any atom is -0.368 e. The molecule has 6 nitrogen and oxygen atoms in total. The SMILES string of the molecule is [B]c1cnn2c(NCCNC(=O)/C=C/c3ccccc3)cc(-c3ccccc3Cl)nc12. The first-order valence-corrected chi connectivity index (χ1v) is 10.1. The fourth-order valence-corrected chi connectivity index (χ4v) is 3.32. The van der Waals surface area contributed by atoms with Crippen molar-refractivity contribution in [1.29, 1.82) is 0 Å². The second-order valence-electron chi connectivity index (χ2n) is 6.80. The van der Waals surface area contributed by atoms with Gasteiger partial charge in [-0.2, -0.15) is 9.61 Å². The van der Waals surface area contributed by atoms with Crippen molar-refractivity contribution >= 4 is 48.4 Å². The molecule has 0 saturated carbocycles. The van der Waals surface area contributed by atoms with E-state index in [0.29, 0.717) is 40.7 Å². The molecule has 1 amide bonds. The molecule has 152 valence electrons. The Morgan fingerprint density at radius 3 is 2.68 bits per heavy atom. The standard InChI is InChI=1S/C23H19BClN5O/c24-18-15-28-30-21(14-20(29-23(18)30)17-8-4-5-9-19(17)25)26-12-13-27-22(31)11-10-16-6-2-1-3-7-16/h1-11,14-15,26H,12-13H2,(H,27,31)/b11-10+. The lowest BCUT2D eigenvalue weighted by Crippen LogP contribution is -2.27. The Kier molecular flexibility index (Phi) is 6.33. The van der Waals surface area contributed by atoms with Gasteiger partial charge < -0.3 is 10.6 Å². The Morgan fingerprint density at radius 2 is 1.87 bits per heavy atom. The monoisotopic (exact) mass is 427 g/mol. The molecule has 0 aliphatic rings. The summed E-state index contributed by atoms with van der Waals surface area (Å²) in [6.45, 7) is 0.922.